The molecule has 0 saturated carbocycles. The lowest BCUT2D eigenvalue weighted by atomic mass is 10.0. The van der Waals surface area contributed by atoms with E-state index in [9.17, 15) is 4.39 Å². The predicted octanol–water partition coefficient (Wildman–Crippen LogP) is 4.73. The minimum Gasteiger partial charge on any atom is -0.369 e. The van der Waals surface area contributed by atoms with Gasteiger partial charge in [-0.3, -0.25) is 4.90 Å². The summed E-state index contributed by atoms with van der Waals surface area (Å²) in [5.74, 6) is 6.20. The third kappa shape index (κ3) is 5.62. The van der Waals surface area contributed by atoms with Gasteiger partial charge in [-0.25, -0.2) is 4.39 Å². The summed E-state index contributed by atoms with van der Waals surface area (Å²) in [5, 5.41) is 4.08. The number of benzene rings is 1. The Kier molecular flexibility index (Phi) is 8.10. The number of hydrogen-bond donors (Lipinski definition) is 1. The number of hydrogen-bond acceptors (Lipinski definition) is 5. The first-order chi connectivity index (χ1) is 17.4. The van der Waals surface area contributed by atoms with Crippen LogP contribution in [0.25, 0.3) is 0 Å². The van der Waals surface area contributed by atoms with Gasteiger partial charge in [-0.2, -0.15) is 5.10 Å². The molecule has 36 heavy (non-hydrogen) atoms. The van der Waals surface area contributed by atoms with Crippen LogP contribution in [-0.2, 0) is 0 Å². The highest BCUT2D eigenvalue weighted by molar-refractivity contribution is 6.02. The van der Waals surface area contributed by atoms with Gasteiger partial charge in [0.1, 0.15) is 5.82 Å². The molecule has 7 heteroatoms. The van der Waals surface area contributed by atoms with Crippen molar-refractivity contribution in [1.29, 1.82) is 0 Å². The van der Waals surface area contributed by atoms with Crippen molar-refractivity contribution in [2.45, 2.75) is 25.8 Å². The zero-order chi connectivity index (χ0) is 25.7. The molecule has 1 unspecified atom stereocenters. The lowest BCUT2D eigenvalue weighted by molar-refractivity contribution is 0.190. The van der Waals surface area contributed by atoms with E-state index in [4.69, 9.17) is 5.84 Å². The number of likely N-dealkylation sites (tertiary alicyclic amines) is 1. The van der Waals surface area contributed by atoms with Gasteiger partial charge >= 0.3 is 0 Å². The third-order valence-corrected chi connectivity index (χ3v) is 7.09. The summed E-state index contributed by atoms with van der Waals surface area (Å²) < 4.78 is 13.9. The van der Waals surface area contributed by atoms with Gasteiger partial charge in [-0.1, -0.05) is 31.4 Å². The Morgan fingerprint density at radius 2 is 1.92 bits per heavy atom. The molecule has 0 aromatic heterocycles. The molecule has 2 N–H and O–H groups in total. The van der Waals surface area contributed by atoms with Gasteiger partial charge < -0.3 is 20.5 Å². The first-order valence-electron chi connectivity index (χ1n) is 12.6. The molecule has 0 aliphatic carbocycles. The summed E-state index contributed by atoms with van der Waals surface area (Å²) in [5.41, 5.74) is 4.61. The van der Waals surface area contributed by atoms with Crippen molar-refractivity contribution < 1.29 is 4.39 Å². The number of piperazine rings is 1. The summed E-state index contributed by atoms with van der Waals surface area (Å²) in [4.78, 5) is 8.91. The highest BCUT2D eigenvalue weighted by Crippen LogP contribution is 2.37. The van der Waals surface area contributed by atoms with Crippen molar-refractivity contribution in [2.75, 3.05) is 39.8 Å². The third-order valence-electron chi connectivity index (χ3n) is 7.09. The van der Waals surface area contributed by atoms with E-state index < -0.39 is 0 Å². The van der Waals surface area contributed by atoms with E-state index in [-0.39, 0.29) is 11.9 Å². The van der Waals surface area contributed by atoms with Gasteiger partial charge in [0.05, 0.1) is 11.7 Å². The van der Waals surface area contributed by atoms with Crippen LogP contribution >= 0.6 is 0 Å². The fourth-order valence-electron chi connectivity index (χ4n) is 5.03. The predicted molar refractivity (Wildman–Crippen MR) is 146 cm³/mol. The second-order valence-electron chi connectivity index (χ2n) is 9.47. The SMILES string of the molecule is C=C(/C=C\C(=C/C)N1CCN(C)CC1)/C(=N/N)N1C=C(N2CCCC2c2cccc(F)c2)C=CC1=C. The number of hydrazone groups is 1. The Labute approximate surface area is 214 Å². The highest BCUT2D eigenvalue weighted by atomic mass is 19.1. The maximum Gasteiger partial charge on any atom is 0.163 e. The normalized spacial score (nSPS) is 22.1. The van der Waals surface area contributed by atoms with Gasteiger partial charge in [-0.15, -0.1) is 0 Å². The quantitative estimate of drug-likeness (QED) is 0.206. The molecule has 4 rings (SSSR count). The van der Waals surface area contributed by atoms with Crippen LogP contribution in [0.5, 0.6) is 0 Å². The average Bonchev–Trinajstić information content (AvgIpc) is 3.37. The van der Waals surface area contributed by atoms with Crippen LogP contribution in [-0.4, -0.2) is 65.2 Å². The van der Waals surface area contributed by atoms with Crippen molar-refractivity contribution in [1.82, 2.24) is 19.6 Å². The first-order valence-corrected chi connectivity index (χ1v) is 12.6. The lowest BCUT2D eigenvalue weighted by Crippen LogP contribution is -2.43. The standard InChI is InChI=1S/C29H37FN6/c1-5-26(34-18-16-33(4)17-19-34)13-11-22(2)29(32-31)36-21-27(14-12-23(36)3)35-15-7-10-28(35)24-8-6-9-25(30)20-24/h5-6,8-9,11-14,20-21,28H,2-3,7,10,15-19,31H2,1,4H3/b13-11-,26-5+,32-29-. The van der Waals surface area contributed by atoms with Crippen molar-refractivity contribution in [3.63, 3.8) is 0 Å². The van der Waals surface area contributed by atoms with Gasteiger partial charge in [0.25, 0.3) is 0 Å². The zero-order valence-electron chi connectivity index (χ0n) is 21.4. The Hall–Kier alpha value is -3.58. The molecular weight excluding hydrogens is 451 g/mol. The molecule has 2 fully saturated rings. The topological polar surface area (TPSA) is 51.3 Å². The molecule has 0 bridgehead atoms. The molecule has 3 aliphatic heterocycles. The Morgan fingerprint density at radius 1 is 1.14 bits per heavy atom. The number of halogens is 1. The minimum absolute atomic E-state index is 0.118. The second kappa shape index (κ2) is 11.4. The van der Waals surface area contributed by atoms with E-state index in [0.29, 0.717) is 11.4 Å². The van der Waals surface area contributed by atoms with Crippen molar-refractivity contribution >= 4 is 5.84 Å². The Balaban J connectivity index is 1.52. The van der Waals surface area contributed by atoms with E-state index >= 15 is 0 Å². The molecule has 6 nitrogen and oxygen atoms in total. The van der Waals surface area contributed by atoms with Gasteiger partial charge in [0, 0.05) is 55.9 Å². The van der Waals surface area contributed by atoms with Crippen molar-refractivity contribution in [3.05, 3.63) is 108 Å². The molecule has 3 aliphatic rings. The summed E-state index contributed by atoms with van der Waals surface area (Å²) in [7, 11) is 2.15. The molecule has 1 aromatic carbocycles. The maximum absolute atomic E-state index is 13.9. The lowest BCUT2D eigenvalue weighted by Gasteiger charge is -2.35. The summed E-state index contributed by atoms with van der Waals surface area (Å²) >= 11 is 0. The van der Waals surface area contributed by atoms with Crippen LogP contribution in [0.2, 0.25) is 0 Å². The molecule has 2 saturated heterocycles. The van der Waals surface area contributed by atoms with Crippen LogP contribution in [0.15, 0.2) is 102 Å². The summed E-state index contributed by atoms with van der Waals surface area (Å²) in [6, 6.07) is 7.00. The van der Waals surface area contributed by atoms with Crippen LogP contribution in [0, 0.1) is 5.82 Å². The van der Waals surface area contributed by atoms with Crippen LogP contribution in [0.1, 0.15) is 31.4 Å². The molecule has 1 atom stereocenters. The van der Waals surface area contributed by atoms with E-state index in [2.05, 4.69) is 65.2 Å². The van der Waals surface area contributed by atoms with Gasteiger partial charge in [0.15, 0.2) is 5.84 Å². The monoisotopic (exact) mass is 488 g/mol. The molecule has 1 aromatic rings. The number of allylic oxidation sites excluding steroid dienone is 4. The molecule has 0 radical (unpaired) electrons. The molecule has 0 spiro atoms. The van der Waals surface area contributed by atoms with Crippen LogP contribution in [0.3, 0.4) is 0 Å². The summed E-state index contributed by atoms with van der Waals surface area (Å²) in [6.45, 7) is 15.5. The number of amidine groups is 1. The van der Waals surface area contributed by atoms with E-state index in [0.717, 1.165) is 68.2 Å². The van der Waals surface area contributed by atoms with E-state index in [1.165, 1.54) is 6.07 Å². The highest BCUT2D eigenvalue weighted by Gasteiger charge is 2.29. The molecular formula is C29H37FN6. The largest absolute Gasteiger partial charge is 0.369 e. The Bertz CT molecular complexity index is 1140. The number of rotatable bonds is 6. The van der Waals surface area contributed by atoms with Gasteiger partial charge in [-0.05, 0) is 68.8 Å². The second-order valence-corrected chi connectivity index (χ2v) is 9.47. The zero-order valence-corrected chi connectivity index (χ0v) is 21.4. The fraction of sp³-hybridized carbons (Fsp3) is 0.345. The van der Waals surface area contributed by atoms with E-state index in [1.54, 1.807) is 12.1 Å². The first kappa shape index (κ1) is 25.5. The van der Waals surface area contributed by atoms with Crippen LogP contribution < -0.4 is 5.84 Å². The number of nitrogens with two attached hydrogens (primary N) is 1. The Morgan fingerprint density at radius 3 is 2.61 bits per heavy atom. The number of nitrogens with zero attached hydrogens (tertiary/aromatic N) is 5. The summed E-state index contributed by atoms with van der Waals surface area (Å²) in [6.07, 6.45) is 14.2. The van der Waals surface area contributed by atoms with Crippen molar-refractivity contribution in [3.8, 4) is 0 Å². The average molecular weight is 489 g/mol. The minimum atomic E-state index is -0.208. The smallest absolute Gasteiger partial charge is 0.163 e. The molecule has 190 valence electrons. The maximum atomic E-state index is 13.9. The number of likely N-dealkylation sites (N-methyl/N-ethyl adjacent to an activating group) is 1. The molecule has 0 amide bonds. The van der Waals surface area contributed by atoms with Gasteiger partial charge in [0.2, 0.25) is 0 Å². The van der Waals surface area contributed by atoms with Crippen LogP contribution in [0.4, 0.5) is 4.39 Å². The van der Waals surface area contributed by atoms with Crippen molar-refractivity contribution in [2.24, 2.45) is 10.9 Å². The fourth-order valence-corrected chi connectivity index (χ4v) is 5.03. The molecule has 3 heterocycles. The van der Waals surface area contributed by atoms with E-state index in [1.807, 2.05) is 29.3 Å².